The molecule has 3 atom stereocenters. The molecule has 2 aromatic rings. The fourth-order valence-electron chi connectivity index (χ4n) is 4.10. The van der Waals surface area contributed by atoms with E-state index >= 15 is 0 Å². The number of nitrogens with one attached hydrogen (secondary N) is 1. The highest BCUT2D eigenvalue weighted by molar-refractivity contribution is 5.69. The van der Waals surface area contributed by atoms with Crippen molar-refractivity contribution in [3.63, 3.8) is 0 Å². The van der Waals surface area contributed by atoms with Crippen LogP contribution in [0.5, 0.6) is 0 Å². The highest BCUT2D eigenvalue weighted by Crippen LogP contribution is 2.52. The van der Waals surface area contributed by atoms with Crippen LogP contribution < -0.4 is 11.2 Å². The minimum absolute atomic E-state index is 0.287. The largest absolute Gasteiger partial charge is 0.336 e. The summed E-state index contributed by atoms with van der Waals surface area (Å²) in [5.41, 5.74) is 0.321. The van der Waals surface area contributed by atoms with E-state index in [9.17, 15) is 9.59 Å². The van der Waals surface area contributed by atoms with E-state index in [1.807, 2.05) is 0 Å². The lowest BCUT2D eigenvalue weighted by molar-refractivity contribution is 0.408. The highest BCUT2D eigenvalue weighted by Gasteiger charge is 2.41. The number of aromatic amines is 1. The zero-order chi connectivity index (χ0) is 14.0. The van der Waals surface area contributed by atoms with Gasteiger partial charge in [-0.05, 0) is 31.1 Å². The van der Waals surface area contributed by atoms with Crippen LogP contribution in [0.15, 0.2) is 9.59 Å². The molecular formula is C14H18N4O2. The van der Waals surface area contributed by atoms with Gasteiger partial charge >= 0.3 is 5.69 Å². The molecule has 1 N–H and O–H groups in total. The van der Waals surface area contributed by atoms with E-state index in [4.69, 9.17) is 0 Å². The summed E-state index contributed by atoms with van der Waals surface area (Å²) in [7, 11) is 3.16. The lowest BCUT2D eigenvalue weighted by Crippen LogP contribution is -2.36. The van der Waals surface area contributed by atoms with E-state index in [0.717, 1.165) is 16.3 Å². The van der Waals surface area contributed by atoms with Crippen LogP contribution in [0.4, 0.5) is 0 Å². The van der Waals surface area contributed by atoms with Crippen molar-refractivity contribution in [2.24, 2.45) is 25.9 Å². The normalized spacial score (nSPS) is 28.6. The molecule has 20 heavy (non-hydrogen) atoms. The van der Waals surface area contributed by atoms with E-state index in [1.54, 1.807) is 7.05 Å². The van der Waals surface area contributed by atoms with Gasteiger partial charge in [-0.25, -0.2) is 9.78 Å². The first kappa shape index (κ1) is 11.9. The molecule has 6 nitrogen and oxygen atoms in total. The van der Waals surface area contributed by atoms with Gasteiger partial charge in [0.1, 0.15) is 11.3 Å². The molecular weight excluding hydrogens is 256 g/mol. The average Bonchev–Trinajstić information content (AvgIpc) is 3.15. The summed E-state index contributed by atoms with van der Waals surface area (Å²) >= 11 is 0. The first-order valence-corrected chi connectivity index (χ1v) is 7.22. The van der Waals surface area contributed by atoms with E-state index in [1.165, 1.54) is 37.3 Å². The van der Waals surface area contributed by atoms with Crippen molar-refractivity contribution >= 4 is 11.2 Å². The molecule has 2 saturated carbocycles. The molecule has 0 saturated heterocycles. The minimum Gasteiger partial charge on any atom is -0.336 e. The van der Waals surface area contributed by atoms with Crippen molar-refractivity contribution < 1.29 is 0 Å². The van der Waals surface area contributed by atoms with Gasteiger partial charge in [-0.1, -0.05) is 6.42 Å². The SMILES string of the molecule is Cn1c(=O)c2[nH]c(C3CC4CCC3C4)nc2n(C)c1=O. The maximum Gasteiger partial charge on any atom is 0.332 e. The van der Waals surface area contributed by atoms with Gasteiger partial charge in [0.25, 0.3) is 5.56 Å². The summed E-state index contributed by atoms with van der Waals surface area (Å²) in [6, 6.07) is 0. The summed E-state index contributed by atoms with van der Waals surface area (Å²) in [5.74, 6) is 2.85. The van der Waals surface area contributed by atoms with Crippen LogP contribution in [0.2, 0.25) is 0 Å². The third-order valence-electron chi connectivity index (χ3n) is 5.20. The zero-order valence-electron chi connectivity index (χ0n) is 11.7. The Balaban J connectivity index is 1.92. The van der Waals surface area contributed by atoms with Crippen molar-refractivity contribution in [1.29, 1.82) is 0 Å². The number of aromatic nitrogens is 4. The number of H-pyrrole nitrogens is 1. The fraction of sp³-hybridized carbons (Fsp3) is 0.643. The molecule has 0 amide bonds. The molecule has 106 valence electrons. The number of rotatable bonds is 1. The highest BCUT2D eigenvalue weighted by atomic mass is 16.2. The number of imidazole rings is 1. The summed E-state index contributed by atoms with van der Waals surface area (Å²) < 4.78 is 2.58. The molecule has 6 heteroatoms. The third-order valence-corrected chi connectivity index (χ3v) is 5.20. The molecule has 2 fully saturated rings. The monoisotopic (exact) mass is 274 g/mol. The molecule has 2 aromatic heterocycles. The van der Waals surface area contributed by atoms with Crippen LogP contribution in [0.1, 0.15) is 37.4 Å². The Labute approximate surface area is 115 Å². The quantitative estimate of drug-likeness (QED) is 0.838. The van der Waals surface area contributed by atoms with Gasteiger partial charge in [0.2, 0.25) is 0 Å². The van der Waals surface area contributed by atoms with Crippen LogP contribution in [0.25, 0.3) is 11.2 Å². The number of aryl methyl sites for hydroxylation is 1. The second-order valence-electron chi connectivity index (χ2n) is 6.31. The maximum absolute atomic E-state index is 12.2. The van der Waals surface area contributed by atoms with E-state index in [-0.39, 0.29) is 11.2 Å². The predicted molar refractivity (Wildman–Crippen MR) is 74.8 cm³/mol. The molecule has 2 heterocycles. The second-order valence-corrected chi connectivity index (χ2v) is 6.31. The molecule has 0 aliphatic heterocycles. The van der Waals surface area contributed by atoms with E-state index in [2.05, 4.69) is 9.97 Å². The van der Waals surface area contributed by atoms with Gasteiger partial charge in [-0.2, -0.15) is 0 Å². The topological polar surface area (TPSA) is 72.7 Å². The number of hydrogen-bond donors (Lipinski definition) is 1. The minimum atomic E-state index is -0.325. The van der Waals surface area contributed by atoms with Crippen molar-refractivity contribution in [2.45, 2.75) is 31.6 Å². The van der Waals surface area contributed by atoms with Gasteiger partial charge in [-0.3, -0.25) is 13.9 Å². The molecule has 0 spiro atoms. The smallest absolute Gasteiger partial charge is 0.332 e. The molecule has 2 bridgehead atoms. The van der Waals surface area contributed by atoms with Crippen LogP contribution in [-0.2, 0) is 14.1 Å². The molecule has 0 aromatic carbocycles. The van der Waals surface area contributed by atoms with Crippen molar-refractivity contribution in [3.05, 3.63) is 26.7 Å². The molecule has 2 aliphatic carbocycles. The maximum atomic E-state index is 12.2. The Hall–Kier alpha value is -1.85. The lowest BCUT2D eigenvalue weighted by Gasteiger charge is -2.18. The van der Waals surface area contributed by atoms with Crippen LogP contribution in [-0.4, -0.2) is 19.1 Å². The Kier molecular flexibility index (Phi) is 2.29. The summed E-state index contributed by atoms with van der Waals surface area (Å²) in [6.45, 7) is 0. The van der Waals surface area contributed by atoms with E-state index < -0.39 is 0 Å². The van der Waals surface area contributed by atoms with Gasteiger partial charge in [0.15, 0.2) is 5.65 Å². The Morgan fingerprint density at radius 1 is 1.15 bits per heavy atom. The van der Waals surface area contributed by atoms with Crippen LogP contribution >= 0.6 is 0 Å². The van der Waals surface area contributed by atoms with Crippen LogP contribution in [0.3, 0.4) is 0 Å². The lowest BCUT2D eigenvalue weighted by atomic mass is 9.88. The van der Waals surface area contributed by atoms with Gasteiger partial charge in [-0.15, -0.1) is 0 Å². The molecule has 2 aliphatic rings. The fourth-order valence-corrected chi connectivity index (χ4v) is 4.10. The average molecular weight is 274 g/mol. The zero-order valence-corrected chi connectivity index (χ0v) is 11.7. The summed E-state index contributed by atoms with van der Waals surface area (Å²) in [4.78, 5) is 31.9. The Morgan fingerprint density at radius 2 is 1.95 bits per heavy atom. The van der Waals surface area contributed by atoms with Crippen molar-refractivity contribution in [3.8, 4) is 0 Å². The second kappa shape index (κ2) is 3.84. The predicted octanol–water partition coefficient (Wildman–Crippen LogP) is 0.864. The first-order chi connectivity index (χ1) is 9.56. The number of fused-ring (bicyclic) bond motifs is 3. The Morgan fingerprint density at radius 3 is 2.60 bits per heavy atom. The molecule has 4 rings (SSSR count). The van der Waals surface area contributed by atoms with Crippen molar-refractivity contribution in [2.75, 3.05) is 0 Å². The van der Waals surface area contributed by atoms with Crippen LogP contribution in [0, 0.1) is 11.8 Å². The Bertz CT molecular complexity index is 813. The number of nitrogens with zero attached hydrogens (tertiary/aromatic N) is 3. The van der Waals surface area contributed by atoms with Crippen molar-refractivity contribution in [1.82, 2.24) is 19.1 Å². The molecule has 3 unspecified atom stereocenters. The van der Waals surface area contributed by atoms with Gasteiger partial charge < -0.3 is 4.98 Å². The van der Waals surface area contributed by atoms with Gasteiger partial charge in [0, 0.05) is 20.0 Å². The molecule has 0 radical (unpaired) electrons. The standard InChI is InChI=1S/C14H18N4O2/c1-17-12-10(13(19)18(2)14(17)20)15-11(16-12)9-6-7-3-4-8(9)5-7/h7-9H,3-6H2,1-2H3,(H,15,16). The van der Waals surface area contributed by atoms with E-state index in [0.29, 0.717) is 23.0 Å². The third kappa shape index (κ3) is 1.42. The first-order valence-electron chi connectivity index (χ1n) is 7.22. The number of hydrogen-bond acceptors (Lipinski definition) is 3. The van der Waals surface area contributed by atoms with Gasteiger partial charge in [0.05, 0.1) is 0 Å². The summed E-state index contributed by atoms with van der Waals surface area (Å²) in [5, 5.41) is 0. The summed E-state index contributed by atoms with van der Waals surface area (Å²) in [6.07, 6.45) is 5.06.